The summed E-state index contributed by atoms with van der Waals surface area (Å²) in [6, 6.07) is 13.7. The maximum atomic E-state index is 12.8. The van der Waals surface area contributed by atoms with Crippen molar-refractivity contribution in [2.45, 2.75) is 18.7 Å². The fourth-order valence-corrected chi connectivity index (χ4v) is 3.85. The highest BCUT2D eigenvalue weighted by atomic mass is 79.9. The summed E-state index contributed by atoms with van der Waals surface area (Å²) in [6.45, 7) is 4.58. The Labute approximate surface area is 139 Å². The SMILES string of the molecule is CCOc1cccc(N(CC)S(=O)(=O)c2ccc(Br)cc2)c1. The molecule has 0 aliphatic rings. The van der Waals surface area contributed by atoms with Crippen molar-refractivity contribution < 1.29 is 13.2 Å². The van der Waals surface area contributed by atoms with Crippen LogP contribution in [0.15, 0.2) is 57.9 Å². The normalized spacial score (nSPS) is 11.2. The van der Waals surface area contributed by atoms with Crippen molar-refractivity contribution in [1.29, 1.82) is 0 Å². The van der Waals surface area contributed by atoms with E-state index in [1.807, 2.05) is 19.9 Å². The van der Waals surface area contributed by atoms with Crippen LogP contribution in [0.5, 0.6) is 5.75 Å². The number of benzene rings is 2. The third-order valence-corrected chi connectivity index (χ3v) is 5.55. The Bertz CT molecular complexity index is 729. The summed E-state index contributed by atoms with van der Waals surface area (Å²) in [5, 5.41) is 0. The van der Waals surface area contributed by atoms with E-state index >= 15 is 0 Å². The lowest BCUT2D eigenvalue weighted by Gasteiger charge is -2.23. The van der Waals surface area contributed by atoms with Crippen LogP contribution >= 0.6 is 15.9 Å². The minimum atomic E-state index is -3.60. The van der Waals surface area contributed by atoms with E-state index in [2.05, 4.69) is 15.9 Å². The number of sulfonamides is 1. The van der Waals surface area contributed by atoms with Crippen LogP contribution in [0, 0.1) is 0 Å². The number of ether oxygens (including phenoxy) is 1. The standard InChI is InChI=1S/C16H18BrNO3S/c1-3-18(14-6-5-7-15(12-14)21-4-2)22(19,20)16-10-8-13(17)9-11-16/h5-12H,3-4H2,1-2H3. The van der Waals surface area contributed by atoms with Crippen LogP contribution < -0.4 is 9.04 Å². The molecule has 4 nitrogen and oxygen atoms in total. The maximum Gasteiger partial charge on any atom is 0.264 e. The van der Waals surface area contributed by atoms with E-state index in [1.165, 1.54) is 4.31 Å². The molecule has 0 aliphatic heterocycles. The molecule has 0 unspecified atom stereocenters. The first kappa shape index (κ1) is 16.8. The van der Waals surface area contributed by atoms with Gasteiger partial charge in [-0.25, -0.2) is 8.42 Å². The lowest BCUT2D eigenvalue weighted by atomic mass is 10.3. The van der Waals surface area contributed by atoms with Crippen molar-refractivity contribution in [3.8, 4) is 5.75 Å². The average Bonchev–Trinajstić information content (AvgIpc) is 2.49. The van der Waals surface area contributed by atoms with Gasteiger partial charge in [-0.2, -0.15) is 0 Å². The van der Waals surface area contributed by atoms with E-state index < -0.39 is 10.0 Å². The molecule has 2 aromatic rings. The molecular formula is C16H18BrNO3S. The van der Waals surface area contributed by atoms with Gasteiger partial charge in [0.15, 0.2) is 0 Å². The topological polar surface area (TPSA) is 46.6 Å². The summed E-state index contributed by atoms with van der Waals surface area (Å²) >= 11 is 3.31. The van der Waals surface area contributed by atoms with Crippen LogP contribution in [0.25, 0.3) is 0 Å². The third-order valence-electron chi connectivity index (χ3n) is 3.11. The summed E-state index contributed by atoms with van der Waals surface area (Å²) in [6.07, 6.45) is 0. The van der Waals surface area contributed by atoms with Crippen molar-refractivity contribution in [3.05, 3.63) is 53.0 Å². The van der Waals surface area contributed by atoms with Crippen LogP contribution in [-0.4, -0.2) is 21.6 Å². The number of halogens is 1. The summed E-state index contributed by atoms with van der Waals surface area (Å²) in [5.41, 5.74) is 0.594. The smallest absolute Gasteiger partial charge is 0.264 e. The minimum Gasteiger partial charge on any atom is -0.494 e. The first-order valence-corrected chi connectivity index (χ1v) is 9.23. The maximum absolute atomic E-state index is 12.8. The lowest BCUT2D eigenvalue weighted by Crippen LogP contribution is -2.30. The Balaban J connectivity index is 2.42. The Morgan fingerprint density at radius 1 is 1.09 bits per heavy atom. The van der Waals surface area contributed by atoms with Crippen molar-refractivity contribution in [2.75, 3.05) is 17.5 Å². The molecule has 0 saturated carbocycles. The van der Waals surface area contributed by atoms with Crippen LogP contribution in [0.3, 0.4) is 0 Å². The molecule has 0 aliphatic carbocycles. The van der Waals surface area contributed by atoms with Gasteiger partial charge in [-0.3, -0.25) is 4.31 Å². The minimum absolute atomic E-state index is 0.263. The molecule has 0 fully saturated rings. The highest BCUT2D eigenvalue weighted by Gasteiger charge is 2.23. The molecule has 0 aromatic heterocycles. The zero-order valence-electron chi connectivity index (χ0n) is 12.5. The first-order chi connectivity index (χ1) is 10.5. The van der Waals surface area contributed by atoms with E-state index in [-0.39, 0.29) is 4.90 Å². The van der Waals surface area contributed by atoms with Crippen LogP contribution in [0.2, 0.25) is 0 Å². The van der Waals surface area contributed by atoms with E-state index in [0.717, 1.165) is 4.47 Å². The molecule has 118 valence electrons. The van der Waals surface area contributed by atoms with Gasteiger partial charge in [-0.15, -0.1) is 0 Å². The van der Waals surface area contributed by atoms with Crippen molar-refractivity contribution >= 4 is 31.6 Å². The lowest BCUT2D eigenvalue weighted by molar-refractivity contribution is 0.340. The van der Waals surface area contributed by atoms with Crippen molar-refractivity contribution in [1.82, 2.24) is 0 Å². The van der Waals surface area contributed by atoms with E-state index in [0.29, 0.717) is 24.6 Å². The van der Waals surface area contributed by atoms with Gasteiger partial charge in [-0.05, 0) is 50.2 Å². The number of rotatable bonds is 6. The zero-order valence-corrected chi connectivity index (χ0v) is 14.9. The highest BCUT2D eigenvalue weighted by molar-refractivity contribution is 9.10. The summed E-state index contributed by atoms with van der Waals surface area (Å²) in [5.74, 6) is 0.657. The molecule has 0 amide bonds. The largest absolute Gasteiger partial charge is 0.494 e. The van der Waals surface area contributed by atoms with Gasteiger partial charge in [-0.1, -0.05) is 22.0 Å². The molecule has 0 atom stereocenters. The number of nitrogens with zero attached hydrogens (tertiary/aromatic N) is 1. The Morgan fingerprint density at radius 3 is 2.36 bits per heavy atom. The van der Waals surface area contributed by atoms with Gasteiger partial charge in [0, 0.05) is 17.1 Å². The number of hydrogen-bond donors (Lipinski definition) is 0. The Hall–Kier alpha value is -1.53. The molecule has 0 saturated heterocycles. The molecule has 22 heavy (non-hydrogen) atoms. The molecule has 6 heteroatoms. The predicted octanol–water partition coefficient (Wildman–Crippen LogP) is 4.06. The summed E-state index contributed by atoms with van der Waals surface area (Å²) in [4.78, 5) is 0.263. The van der Waals surface area contributed by atoms with Gasteiger partial charge in [0.05, 0.1) is 17.2 Å². The van der Waals surface area contributed by atoms with E-state index in [9.17, 15) is 8.42 Å². The quantitative estimate of drug-likeness (QED) is 0.755. The Morgan fingerprint density at radius 2 is 1.77 bits per heavy atom. The molecule has 0 bridgehead atoms. The van der Waals surface area contributed by atoms with Crippen LogP contribution in [0.1, 0.15) is 13.8 Å². The van der Waals surface area contributed by atoms with E-state index in [4.69, 9.17) is 4.74 Å². The van der Waals surface area contributed by atoms with Gasteiger partial charge in [0.2, 0.25) is 0 Å². The monoisotopic (exact) mass is 383 g/mol. The van der Waals surface area contributed by atoms with Crippen LogP contribution in [0.4, 0.5) is 5.69 Å². The van der Waals surface area contributed by atoms with Crippen LogP contribution in [-0.2, 0) is 10.0 Å². The van der Waals surface area contributed by atoms with Gasteiger partial charge < -0.3 is 4.74 Å². The number of anilines is 1. The summed E-state index contributed by atoms with van der Waals surface area (Å²) in [7, 11) is -3.60. The molecule has 0 spiro atoms. The van der Waals surface area contributed by atoms with Crippen molar-refractivity contribution in [2.24, 2.45) is 0 Å². The van der Waals surface area contributed by atoms with Gasteiger partial charge in [0.1, 0.15) is 5.75 Å². The van der Waals surface area contributed by atoms with Crippen molar-refractivity contribution in [3.63, 3.8) is 0 Å². The second kappa shape index (κ2) is 7.15. The molecule has 2 aromatic carbocycles. The molecule has 0 heterocycles. The third kappa shape index (κ3) is 3.62. The first-order valence-electron chi connectivity index (χ1n) is 7.00. The zero-order chi connectivity index (χ0) is 16.2. The molecule has 0 radical (unpaired) electrons. The summed E-state index contributed by atoms with van der Waals surface area (Å²) < 4.78 is 33.3. The molecule has 2 rings (SSSR count). The Kier molecular flexibility index (Phi) is 5.47. The molecular weight excluding hydrogens is 366 g/mol. The fraction of sp³-hybridized carbons (Fsp3) is 0.250. The molecule has 0 N–H and O–H groups in total. The fourth-order valence-electron chi connectivity index (χ4n) is 2.12. The predicted molar refractivity (Wildman–Crippen MR) is 92.0 cm³/mol. The van der Waals surface area contributed by atoms with E-state index in [1.54, 1.807) is 42.5 Å². The second-order valence-corrected chi connectivity index (χ2v) is 7.33. The second-order valence-electron chi connectivity index (χ2n) is 4.55. The van der Waals surface area contributed by atoms with Gasteiger partial charge >= 0.3 is 0 Å². The average molecular weight is 384 g/mol. The number of hydrogen-bond acceptors (Lipinski definition) is 3. The van der Waals surface area contributed by atoms with Gasteiger partial charge in [0.25, 0.3) is 10.0 Å². The highest BCUT2D eigenvalue weighted by Crippen LogP contribution is 2.27.